The van der Waals surface area contributed by atoms with E-state index in [1.54, 1.807) is 41.6 Å². The molecule has 3 heterocycles. The Bertz CT molecular complexity index is 1390. The second kappa shape index (κ2) is 7.60. The summed E-state index contributed by atoms with van der Waals surface area (Å²) in [7, 11) is 0. The molecule has 0 unspecified atom stereocenters. The van der Waals surface area contributed by atoms with Crippen molar-refractivity contribution in [1.29, 1.82) is 0 Å². The van der Waals surface area contributed by atoms with Crippen molar-refractivity contribution in [2.45, 2.75) is 12.1 Å². The van der Waals surface area contributed by atoms with Crippen LogP contribution in [0.15, 0.2) is 77.9 Å². The Hall–Kier alpha value is -3.84. The zero-order chi connectivity index (χ0) is 23.6. The molecule has 168 valence electrons. The molecule has 2 fully saturated rings. The smallest absolute Gasteiger partial charge is 0.240 e. The monoisotopic (exact) mass is 473 g/mol. The molecule has 2 amide bonds. The number of nitrogens with zero attached hydrogens (tertiary/aromatic N) is 3. The van der Waals surface area contributed by atoms with Gasteiger partial charge in [-0.2, -0.15) is 5.10 Å². The quantitative estimate of drug-likeness (QED) is 0.421. The van der Waals surface area contributed by atoms with Crippen LogP contribution in [0.3, 0.4) is 0 Å². The Morgan fingerprint density at radius 2 is 1.56 bits per heavy atom. The largest absolute Gasteiger partial charge is 0.292 e. The van der Waals surface area contributed by atoms with Crippen LogP contribution >= 0.6 is 11.6 Å². The Morgan fingerprint density at radius 3 is 2.32 bits per heavy atom. The number of anilines is 1. The summed E-state index contributed by atoms with van der Waals surface area (Å²) in [6, 6.07) is 17.8. The number of rotatable bonds is 3. The van der Waals surface area contributed by atoms with Crippen molar-refractivity contribution < 1.29 is 18.8 Å². The molecule has 3 aromatic rings. The zero-order valence-corrected chi connectivity index (χ0v) is 18.4. The Labute approximate surface area is 199 Å². The number of imide groups is 1. The highest BCUT2D eigenvalue weighted by atomic mass is 35.5. The second-order valence-corrected chi connectivity index (χ2v) is 8.97. The number of carbonyl (C=O) groups excluding carboxylic acids is 3. The molecule has 0 aromatic heterocycles. The van der Waals surface area contributed by atoms with E-state index in [0.29, 0.717) is 10.6 Å². The number of Topliss-reactive ketones (excluding diaryl/α,β-unsaturated/α-hetero) is 1. The lowest BCUT2D eigenvalue weighted by Gasteiger charge is -2.33. The van der Waals surface area contributed by atoms with Gasteiger partial charge in [0.05, 0.1) is 29.8 Å². The lowest BCUT2D eigenvalue weighted by Crippen LogP contribution is -2.44. The van der Waals surface area contributed by atoms with E-state index < -0.39 is 41.6 Å². The van der Waals surface area contributed by atoms with Crippen LogP contribution < -0.4 is 4.90 Å². The van der Waals surface area contributed by atoms with Crippen LogP contribution in [0.5, 0.6) is 0 Å². The number of hydrazone groups is 1. The van der Waals surface area contributed by atoms with Gasteiger partial charge in [0.25, 0.3) is 0 Å². The number of carbonyl (C=O) groups is 3. The third-order valence-electron chi connectivity index (χ3n) is 6.78. The van der Waals surface area contributed by atoms with Gasteiger partial charge in [-0.3, -0.25) is 19.4 Å². The molecule has 0 N–H and O–H groups in total. The lowest BCUT2D eigenvalue weighted by molar-refractivity contribution is -0.124. The molecule has 2 saturated heterocycles. The summed E-state index contributed by atoms with van der Waals surface area (Å²) in [4.78, 5) is 42.0. The standard InChI is InChI=1S/C26H17ClFN3O3/c27-16-11-9-14(10-12-16)24(32)23-21-20(22-17-6-2-1-5-15(17)13-29-31(22)23)25(33)30(26(21)34)19-8-4-3-7-18(19)28/h1-13,20-23H/t20-,21-,22+,23+/m0/s1. The van der Waals surface area contributed by atoms with Crippen LogP contribution in [0.25, 0.3) is 0 Å². The van der Waals surface area contributed by atoms with E-state index in [1.165, 1.54) is 18.2 Å². The first-order valence-electron chi connectivity index (χ1n) is 10.8. The number of benzene rings is 3. The maximum Gasteiger partial charge on any atom is 0.240 e. The SMILES string of the molecule is O=C(c1ccc(Cl)cc1)[C@H]1[C@H]2C(=O)N(c3ccccc3F)C(=O)[C@@H]2[C@H]2c3ccccc3C=NN21. The van der Waals surface area contributed by atoms with E-state index in [2.05, 4.69) is 5.10 Å². The summed E-state index contributed by atoms with van der Waals surface area (Å²) in [6.45, 7) is 0. The summed E-state index contributed by atoms with van der Waals surface area (Å²) in [5.74, 6) is -4.05. The van der Waals surface area contributed by atoms with E-state index in [0.717, 1.165) is 16.0 Å². The molecular formula is C26H17ClFN3O3. The number of fused-ring (bicyclic) bond motifs is 5. The normalized spacial score (nSPS) is 24.8. The molecule has 6 rings (SSSR count). The maximum absolute atomic E-state index is 14.6. The van der Waals surface area contributed by atoms with Gasteiger partial charge in [-0.25, -0.2) is 9.29 Å². The number of halogens is 2. The fraction of sp³-hybridized carbons (Fsp3) is 0.154. The van der Waals surface area contributed by atoms with Crippen LogP contribution in [0.2, 0.25) is 5.02 Å². The van der Waals surface area contributed by atoms with Gasteiger partial charge in [0, 0.05) is 10.6 Å². The zero-order valence-electron chi connectivity index (χ0n) is 17.6. The minimum absolute atomic E-state index is 0.108. The molecule has 0 saturated carbocycles. The molecule has 0 bridgehead atoms. The summed E-state index contributed by atoms with van der Waals surface area (Å²) in [5.41, 5.74) is 1.86. The number of para-hydroxylation sites is 1. The van der Waals surface area contributed by atoms with Crippen molar-refractivity contribution in [2.75, 3.05) is 4.90 Å². The highest BCUT2D eigenvalue weighted by Gasteiger charge is 2.65. The number of hydrogen-bond acceptors (Lipinski definition) is 5. The first-order chi connectivity index (χ1) is 16.5. The van der Waals surface area contributed by atoms with Crippen molar-refractivity contribution in [1.82, 2.24) is 5.01 Å². The van der Waals surface area contributed by atoms with Crippen LogP contribution in [0.1, 0.15) is 27.5 Å². The number of hydrogen-bond donors (Lipinski definition) is 0. The molecule has 34 heavy (non-hydrogen) atoms. The Kier molecular flexibility index (Phi) is 4.64. The molecule has 8 heteroatoms. The molecular weight excluding hydrogens is 457 g/mol. The predicted octanol–water partition coefficient (Wildman–Crippen LogP) is 4.24. The molecule has 3 aliphatic heterocycles. The highest BCUT2D eigenvalue weighted by molar-refractivity contribution is 6.30. The highest BCUT2D eigenvalue weighted by Crippen LogP contribution is 2.53. The van der Waals surface area contributed by atoms with Gasteiger partial charge in [-0.1, -0.05) is 48.0 Å². The van der Waals surface area contributed by atoms with Crippen molar-refractivity contribution >= 4 is 41.1 Å². The third-order valence-corrected chi connectivity index (χ3v) is 7.04. The summed E-state index contributed by atoms with van der Waals surface area (Å²) in [5, 5.41) is 6.56. The summed E-state index contributed by atoms with van der Waals surface area (Å²) in [6.07, 6.45) is 1.64. The van der Waals surface area contributed by atoms with E-state index in [1.807, 2.05) is 24.3 Å². The van der Waals surface area contributed by atoms with Gasteiger partial charge in [0.1, 0.15) is 11.9 Å². The minimum Gasteiger partial charge on any atom is -0.292 e. The molecule has 3 aromatic carbocycles. The fourth-order valence-corrected chi connectivity index (χ4v) is 5.45. The van der Waals surface area contributed by atoms with Crippen LogP contribution in [-0.2, 0) is 9.59 Å². The Morgan fingerprint density at radius 1 is 0.882 bits per heavy atom. The van der Waals surface area contributed by atoms with Gasteiger partial charge in [0.15, 0.2) is 5.78 Å². The Balaban J connectivity index is 1.51. The van der Waals surface area contributed by atoms with E-state index in [-0.39, 0.29) is 11.5 Å². The van der Waals surface area contributed by atoms with Crippen molar-refractivity contribution in [2.24, 2.45) is 16.9 Å². The van der Waals surface area contributed by atoms with E-state index >= 15 is 0 Å². The molecule has 0 spiro atoms. The second-order valence-electron chi connectivity index (χ2n) is 8.53. The van der Waals surface area contributed by atoms with Gasteiger partial charge < -0.3 is 0 Å². The molecule has 3 aliphatic rings. The lowest BCUT2D eigenvalue weighted by atomic mass is 9.83. The summed E-state index contributed by atoms with van der Waals surface area (Å²) < 4.78 is 14.6. The van der Waals surface area contributed by atoms with E-state index in [4.69, 9.17) is 11.6 Å². The first-order valence-corrected chi connectivity index (χ1v) is 11.2. The predicted molar refractivity (Wildman–Crippen MR) is 124 cm³/mol. The topological polar surface area (TPSA) is 70.0 Å². The molecule has 4 atom stereocenters. The molecule has 0 aliphatic carbocycles. The van der Waals surface area contributed by atoms with Crippen LogP contribution in [-0.4, -0.2) is 34.9 Å². The van der Waals surface area contributed by atoms with Crippen molar-refractivity contribution in [3.8, 4) is 0 Å². The minimum atomic E-state index is -1.02. The van der Waals surface area contributed by atoms with Gasteiger partial charge in [0.2, 0.25) is 11.8 Å². The van der Waals surface area contributed by atoms with Gasteiger partial charge >= 0.3 is 0 Å². The fourth-order valence-electron chi connectivity index (χ4n) is 5.32. The molecule has 6 nitrogen and oxygen atoms in total. The van der Waals surface area contributed by atoms with Crippen LogP contribution in [0.4, 0.5) is 10.1 Å². The van der Waals surface area contributed by atoms with Crippen LogP contribution in [0, 0.1) is 17.7 Å². The molecule has 0 radical (unpaired) electrons. The van der Waals surface area contributed by atoms with Crippen molar-refractivity contribution in [3.63, 3.8) is 0 Å². The maximum atomic E-state index is 14.6. The number of amides is 2. The van der Waals surface area contributed by atoms with Gasteiger partial charge in [-0.15, -0.1) is 0 Å². The van der Waals surface area contributed by atoms with E-state index in [9.17, 15) is 18.8 Å². The van der Waals surface area contributed by atoms with Crippen molar-refractivity contribution in [3.05, 3.63) is 100 Å². The third kappa shape index (κ3) is 2.86. The number of ketones is 1. The average molecular weight is 474 g/mol. The average Bonchev–Trinajstić information content (AvgIpc) is 3.32. The summed E-state index contributed by atoms with van der Waals surface area (Å²) >= 11 is 5.99. The van der Waals surface area contributed by atoms with Gasteiger partial charge in [-0.05, 0) is 47.5 Å². The first kappa shape index (κ1) is 20.7.